The minimum atomic E-state index is -0.231. The minimum Gasteiger partial charge on any atom is -0.232 e. The van der Waals surface area contributed by atoms with Crippen molar-refractivity contribution in [1.82, 2.24) is 0 Å². The van der Waals surface area contributed by atoms with Gasteiger partial charge in [0.1, 0.15) is 0 Å². The van der Waals surface area contributed by atoms with E-state index in [1.54, 1.807) is 0 Å². The van der Waals surface area contributed by atoms with Crippen LogP contribution >= 0.6 is 0 Å². The standard InChI is InChI=1S/C5H9O/c1-3-4(2)5(3)6/h3-5H,1-2H3. The Bertz CT molecular complexity index is 40.7. The molecule has 0 heterocycles. The van der Waals surface area contributed by atoms with Crippen LogP contribution in [-0.4, -0.2) is 6.10 Å². The van der Waals surface area contributed by atoms with Crippen LogP contribution in [0.15, 0.2) is 0 Å². The molecular weight excluding hydrogens is 76.1 g/mol. The molecule has 0 spiro atoms. The van der Waals surface area contributed by atoms with E-state index in [4.69, 9.17) is 0 Å². The lowest BCUT2D eigenvalue weighted by molar-refractivity contribution is 0.154. The Morgan fingerprint density at radius 3 is 1.33 bits per heavy atom. The van der Waals surface area contributed by atoms with E-state index in [1.165, 1.54) is 0 Å². The molecular formula is C5H9O. The second-order valence-electron chi connectivity index (χ2n) is 2.18. The van der Waals surface area contributed by atoms with E-state index in [2.05, 4.69) is 0 Å². The zero-order valence-corrected chi connectivity index (χ0v) is 4.14. The Morgan fingerprint density at radius 2 is 1.33 bits per heavy atom. The Morgan fingerprint density at radius 1 is 1.17 bits per heavy atom. The molecule has 0 aromatic heterocycles. The maximum Gasteiger partial charge on any atom is 0.0987 e. The molecule has 0 aromatic rings. The summed E-state index contributed by atoms with van der Waals surface area (Å²) in [5, 5.41) is 10.3. The third kappa shape index (κ3) is 0.350. The minimum absolute atomic E-state index is 0.231. The zero-order valence-electron chi connectivity index (χ0n) is 4.14. The summed E-state index contributed by atoms with van der Waals surface area (Å²) in [6.45, 7) is 4.00. The smallest absolute Gasteiger partial charge is 0.0987 e. The predicted molar refractivity (Wildman–Crippen MR) is 22.8 cm³/mol. The van der Waals surface area contributed by atoms with Crippen LogP contribution in [0.5, 0.6) is 0 Å². The van der Waals surface area contributed by atoms with Crippen molar-refractivity contribution >= 4 is 0 Å². The fourth-order valence-corrected chi connectivity index (χ4v) is 0.617. The summed E-state index contributed by atoms with van der Waals surface area (Å²) in [7, 11) is 0. The highest BCUT2D eigenvalue weighted by Gasteiger charge is 2.42. The van der Waals surface area contributed by atoms with Crippen LogP contribution in [0, 0.1) is 11.8 Å². The molecule has 0 aliphatic heterocycles. The van der Waals surface area contributed by atoms with E-state index in [0.717, 1.165) is 0 Å². The van der Waals surface area contributed by atoms with Gasteiger partial charge in [-0.2, -0.15) is 0 Å². The first-order valence-electron chi connectivity index (χ1n) is 2.39. The molecule has 6 heavy (non-hydrogen) atoms. The number of hydrogen-bond acceptors (Lipinski definition) is 0. The maximum atomic E-state index is 10.3. The van der Waals surface area contributed by atoms with E-state index >= 15 is 0 Å². The van der Waals surface area contributed by atoms with Gasteiger partial charge in [0.2, 0.25) is 0 Å². The van der Waals surface area contributed by atoms with Crippen LogP contribution in [0.25, 0.3) is 0 Å². The van der Waals surface area contributed by atoms with E-state index < -0.39 is 0 Å². The molecule has 1 saturated carbocycles. The van der Waals surface area contributed by atoms with Crippen molar-refractivity contribution in [2.24, 2.45) is 11.8 Å². The van der Waals surface area contributed by atoms with Gasteiger partial charge in [-0.05, 0) is 11.8 Å². The summed E-state index contributed by atoms with van der Waals surface area (Å²) < 4.78 is 0. The van der Waals surface area contributed by atoms with E-state index in [-0.39, 0.29) is 6.10 Å². The van der Waals surface area contributed by atoms with Gasteiger partial charge in [-0.3, -0.25) is 0 Å². The fraction of sp³-hybridized carbons (Fsp3) is 1.00. The fourth-order valence-electron chi connectivity index (χ4n) is 0.617. The molecule has 2 unspecified atom stereocenters. The van der Waals surface area contributed by atoms with E-state index in [9.17, 15) is 5.11 Å². The second kappa shape index (κ2) is 0.969. The molecule has 1 radical (unpaired) electrons. The quantitative estimate of drug-likeness (QED) is 0.419. The second-order valence-corrected chi connectivity index (χ2v) is 2.18. The lowest BCUT2D eigenvalue weighted by Crippen LogP contribution is -1.73. The van der Waals surface area contributed by atoms with Crippen LogP contribution in [0.4, 0.5) is 0 Å². The first-order valence-corrected chi connectivity index (χ1v) is 2.39. The molecule has 2 atom stereocenters. The lowest BCUT2D eigenvalue weighted by atomic mass is 10.4. The molecule has 0 amide bonds. The first kappa shape index (κ1) is 4.13. The van der Waals surface area contributed by atoms with Crippen molar-refractivity contribution in [1.29, 1.82) is 0 Å². The van der Waals surface area contributed by atoms with Crippen molar-refractivity contribution in [2.75, 3.05) is 0 Å². The van der Waals surface area contributed by atoms with Gasteiger partial charge in [0.15, 0.2) is 0 Å². The summed E-state index contributed by atoms with van der Waals surface area (Å²) >= 11 is 0. The SMILES string of the molecule is CC1C(C)C1[O]. The van der Waals surface area contributed by atoms with Crippen LogP contribution in [0.1, 0.15) is 13.8 Å². The van der Waals surface area contributed by atoms with Gasteiger partial charge >= 0.3 is 0 Å². The monoisotopic (exact) mass is 85.1 g/mol. The van der Waals surface area contributed by atoms with Crippen molar-refractivity contribution in [3.05, 3.63) is 0 Å². The Kier molecular flexibility index (Phi) is 0.667. The average molecular weight is 85.1 g/mol. The van der Waals surface area contributed by atoms with Crippen LogP contribution < -0.4 is 0 Å². The van der Waals surface area contributed by atoms with Crippen molar-refractivity contribution in [3.63, 3.8) is 0 Å². The van der Waals surface area contributed by atoms with Crippen LogP contribution in [-0.2, 0) is 5.11 Å². The van der Waals surface area contributed by atoms with Gasteiger partial charge in [0.25, 0.3) is 0 Å². The van der Waals surface area contributed by atoms with E-state index in [0.29, 0.717) is 11.8 Å². The van der Waals surface area contributed by atoms with Gasteiger partial charge < -0.3 is 0 Å². The summed E-state index contributed by atoms with van der Waals surface area (Å²) in [5.41, 5.74) is 0. The predicted octanol–water partition coefficient (Wildman–Crippen LogP) is 1.07. The molecule has 1 nitrogen and oxygen atoms in total. The Hall–Kier alpha value is -0.0400. The van der Waals surface area contributed by atoms with Crippen molar-refractivity contribution in [3.8, 4) is 0 Å². The van der Waals surface area contributed by atoms with Gasteiger partial charge in [-0.1, -0.05) is 13.8 Å². The largest absolute Gasteiger partial charge is 0.232 e. The average Bonchev–Trinajstić information content (AvgIpc) is 1.94. The molecule has 0 N–H and O–H groups in total. The van der Waals surface area contributed by atoms with Crippen molar-refractivity contribution < 1.29 is 5.11 Å². The Balaban J connectivity index is 2.31. The van der Waals surface area contributed by atoms with Gasteiger partial charge in [-0.25, -0.2) is 5.11 Å². The number of rotatable bonds is 0. The molecule has 0 aromatic carbocycles. The summed E-state index contributed by atoms with van der Waals surface area (Å²) in [5.74, 6) is 0.926. The molecule has 1 aliphatic carbocycles. The summed E-state index contributed by atoms with van der Waals surface area (Å²) in [6.07, 6.45) is -0.231. The zero-order chi connectivity index (χ0) is 4.73. The van der Waals surface area contributed by atoms with Crippen LogP contribution in [0.3, 0.4) is 0 Å². The molecule has 1 fully saturated rings. The highest BCUT2D eigenvalue weighted by atomic mass is 16.3. The van der Waals surface area contributed by atoms with Gasteiger partial charge in [0.05, 0.1) is 6.10 Å². The highest BCUT2D eigenvalue weighted by molar-refractivity contribution is 4.89. The molecule has 1 heteroatoms. The first-order chi connectivity index (χ1) is 2.73. The van der Waals surface area contributed by atoms with Gasteiger partial charge in [0, 0.05) is 0 Å². The molecule has 0 saturated heterocycles. The van der Waals surface area contributed by atoms with Crippen LogP contribution in [0.2, 0.25) is 0 Å². The van der Waals surface area contributed by atoms with Gasteiger partial charge in [-0.15, -0.1) is 0 Å². The number of hydrogen-bond donors (Lipinski definition) is 0. The molecule has 35 valence electrons. The molecule has 0 bridgehead atoms. The highest BCUT2D eigenvalue weighted by Crippen LogP contribution is 2.37. The third-order valence-electron chi connectivity index (χ3n) is 1.72. The Labute approximate surface area is 38.0 Å². The summed E-state index contributed by atoms with van der Waals surface area (Å²) in [6, 6.07) is 0. The molecule has 1 aliphatic rings. The third-order valence-corrected chi connectivity index (χ3v) is 1.72. The molecule has 1 rings (SSSR count). The summed E-state index contributed by atoms with van der Waals surface area (Å²) in [4.78, 5) is 0. The lowest BCUT2D eigenvalue weighted by Gasteiger charge is -1.64. The maximum absolute atomic E-state index is 10.3. The van der Waals surface area contributed by atoms with Crippen molar-refractivity contribution in [2.45, 2.75) is 20.0 Å². The van der Waals surface area contributed by atoms with E-state index in [1.807, 2.05) is 13.8 Å². The topological polar surface area (TPSA) is 19.9 Å². The normalized spacial score (nSPS) is 55.5.